The van der Waals surface area contributed by atoms with Gasteiger partial charge >= 0.3 is 0 Å². The van der Waals surface area contributed by atoms with Crippen LogP contribution in [0.25, 0.3) is 0 Å². The summed E-state index contributed by atoms with van der Waals surface area (Å²) in [6.45, 7) is 1.62. The summed E-state index contributed by atoms with van der Waals surface area (Å²) in [4.78, 5) is 6.38. The molecule has 0 saturated carbocycles. The first kappa shape index (κ1) is 11.7. The molecule has 1 aromatic carbocycles. The van der Waals surface area contributed by atoms with Crippen molar-refractivity contribution in [2.24, 2.45) is 0 Å². The summed E-state index contributed by atoms with van der Waals surface area (Å²) in [7, 11) is -2.43. The normalized spacial score (nSPS) is 11.0. The molecule has 0 aliphatic rings. The first-order valence-electron chi connectivity index (χ1n) is 4.07. The second-order valence-electron chi connectivity index (χ2n) is 2.88. The molecule has 0 aliphatic carbocycles. The van der Waals surface area contributed by atoms with Crippen LogP contribution in [0.4, 0.5) is 0 Å². The van der Waals surface area contributed by atoms with Crippen LogP contribution in [0.5, 0.6) is 0 Å². The van der Waals surface area contributed by atoms with Gasteiger partial charge in [-0.15, -0.1) is 0 Å². The fourth-order valence-corrected chi connectivity index (χ4v) is 2.21. The van der Waals surface area contributed by atoms with Crippen LogP contribution < -0.4 is 4.89 Å². The van der Waals surface area contributed by atoms with Crippen molar-refractivity contribution < 1.29 is 13.3 Å². The van der Waals surface area contributed by atoms with Crippen LogP contribution in [-0.4, -0.2) is 15.5 Å². The first-order chi connectivity index (χ1) is 7.01. The van der Waals surface area contributed by atoms with E-state index in [4.69, 9.17) is 5.26 Å². The van der Waals surface area contributed by atoms with E-state index < -0.39 is 10.0 Å². The van der Waals surface area contributed by atoms with E-state index in [1.807, 2.05) is 11.0 Å². The van der Waals surface area contributed by atoms with E-state index in [0.717, 1.165) is 0 Å². The molecular weight excluding hydrogens is 216 g/mol. The molecule has 6 heteroatoms. The molecule has 0 heterocycles. The topological polar surface area (TPSA) is 79.2 Å². The molecule has 0 saturated heterocycles. The minimum atomic E-state index is -3.65. The van der Waals surface area contributed by atoms with Crippen molar-refractivity contribution in [1.82, 2.24) is 4.89 Å². The summed E-state index contributed by atoms with van der Waals surface area (Å²) >= 11 is 0. The molecule has 0 spiro atoms. The summed E-state index contributed by atoms with van der Waals surface area (Å²) in [5.74, 6) is 0. The van der Waals surface area contributed by atoms with Gasteiger partial charge in [0.05, 0.1) is 23.6 Å². The third-order valence-electron chi connectivity index (χ3n) is 1.79. The zero-order valence-electron chi connectivity index (χ0n) is 8.31. The van der Waals surface area contributed by atoms with Crippen LogP contribution in [0.1, 0.15) is 11.1 Å². The van der Waals surface area contributed by atoms with E-state index in [0.29, 0.717) is 11.1 Å². The van der Waals surface area contributed by atoms with E-state index in [2.05, 4.69) is 4.84 Å². The highest BCUT2D eigenvalue weighted by Gasteiger charge is 2.16. The predicted octanol–water partition coefficient (Wildman–Crippen LogP) is 0.706. The summed E-state index contributed by atoms with van der Waals surface area (Å²) < 4.78 is 23.1. The van der Waals surface area contributed by atoms with Gasteiger partial charge in [0.25, 0.3) is 10.0 Å². The molecule has 0 radical (unpaired) electrons. The zero-order chi connectivity index (χ0) is 11.5. The van der Waals surface area contributed by atoms with Crippen molar-refractivity contribution in [3.63, 3.8) is 0 Å². The number of aryl methyl sites for hydroxylation is 1. The van der Waals surface area contributed by atoms with Gasteiger partial charge in [-0.2, -0.15) is 5.26 Å². The number of benzene rings is 1. The summed E-state index contributed by atoms with van der Waals surface area (Å²) in [5.41, 5.74) is 0.919. The highest BCUT2D eigenvalue weighted by atomic mass is 32.2. The van der Waals surface area contributed by atoms with Gasteiger partial charge in [-0.05, 0) is 30.7 Å². The highest BCUT2D eigenvalue weighted by Crippen LogP contribution is 2.15. The highest BCUT2D eigenvalue weighted by molar-refractivity contribution is 7.89. The first-order valence-corrected chi connectivity index (χ1v) is 5.55. The Morgan fingerprint density at radius 3 is 2.60 bits per heavy atom. The maximum Gasteiger partial charge on any atom is 0.262 e. The van der Waals surface area contributed by atoms with Crippen LogP contribution in [0, 0.1) is 18.3 Å². The van der Waals surface area contributed by atoms with Gasteiger partial charge in [0.15, 0.2) is 0 Å². The molecule has 0 unspecified atom stereocenters. The minimum absolute atomic E-state index is 0.100. The van der Waals surface area contributed by atoms with E-state index >= 15 is 0 Å². The molecule has 0 bridgehead atoms. The van der Waals surface area contributed by atoms with Crippen molar-refractivity contribution in [1.29, 1.82) is 5.26 Å². The smallest absolute Gasteiger partial charge is 0.262 e. The quantitative estimate of drug-likeness (QED) is 0.770. The van der Waals surface area contributed by atoms with Crippen molar-refractivity contribution >= 4 is 10.0 Å². The lowest BCUT2D eigenvalue weighted by atomic mass is 10.2. The lowest BCUT2D eigenvalue weighted by Crippen LogP contribution is -2.23. The fourth-order valence-electron chi connectivity index (χ4n) is 1.18. The number of hydrogen-bond donors (Lipinski definition) is 1. The predicted molar refractivity (Wildman–Crippen MR) is 53.2 cm³/mol. The van der Waals surface area contributed by atoms with Crippen LogP contribution in [0.2, 0.25) is 0 Å². The van der Waals surface area contributed by atoms with Crippen molar-refractivity contribution in [2.75, 3.05) is 7.11 Å². The number of rotatable bonds is 3. The van der Waals surface area contributed by atoms with Crippen LogP contribution >= 0.6 is 0 Å². The molecular formula is C9H10N2O3S. The maximum absolute atomic E-state index is 11.5. The van der Waals surface area contributed by atoms with E-state index in [-0.39, 0.29) is 4.90 Å². The molecule has 15 heavy (non-hydrogen) atoms. The summed E-state index contributed by atoms with van der Waals surface area (Å²) in [5, 5.41) is 8.62. The third kappa shape index (κ3) is 2.53. The fraction of sp³-hybridized carbons (Fsp3) is 0.222. The Labute approximate surface area is 88.3 Å². The Kier molecular flexibility index (Phi) is 3.42. The van der Waals surface area contributed by atoms with Crippen LogP contribution in [-0.2, 0) is 14.9 Å². The standard InChI is InChI=1S/C9H10N2O3S/c1-7-5-8(6-10)3-4-9(7)15(12,13)11-14-2/h3-5,11H,1-2H3. The van der Waals surface area contributed by atoms with Crippen LogP contribution in [0.3, 0.4) is 0 Å². The van der Waals surface area contributed by atoms with Gasteiger partial charge in [0.2, 0.25) is 0 Å². The second-order valence-corrected chi connectivity index (χ2v) is 4.50. The van der Waals surface area contributed by atoms with E-state index in [1.165, 1.54) is 25.3 Å². The Hall–Kier alpha value is -1.42. The monoisotopic (exact) mass is 226 g/mol. The lowest BCUT2D eigenvalue weighted by molar-refractivity contribution is 0.153. The molecule has 1 N–H and O–H groups in total. The SMILES string of the molecule is CONS(=O)(=O)c1ccc(C#N)cc1C. The van der Waals surface area contributed by atoms with Crippen LogP contribution in [0.15, 0.2) is 23.1 Å². The number of sulfonamides is 1. The van der Waals surface area contributed by atoms with Gasteiger partial charge in [-0.1, -0.05) is 4.89 Å². The average Bonchev–Trinajstić information content (AvgIpc) is 2.17. The van der Waals surface area contributed by atoms with Gasteiger partial charge in [0.1, 0.15) is 0 Å². The van der Waals surface area contributed by atoms with Crippen molar-refractivity contribution in [2.45, 2.75) is 11.8 Å². The minimum Gasteiger partial charge on any atom is -0.290 e. The zero-order valence-corrected chi connectivity index (χ0v) is 9.13. The molecule has 0 aromatic heterocycles. The number of nitrogens with one attached hydrogen (secondary N) is 1. The number of nitrogens with zero attached hydrogens (tertiary/aromatic N) is 1. The number of nitriles is 1. The number of hydrogen-bond acceptors (Lipinski definition) is 4. The molecule has 0 aliphatic heterocycles. The molecule has 0 amide bonds. The molecule has 5 nitrogen and oxygen atoms in total. The van der Waals surface area contributed by atoms with Gasteiger partial charge in [-0.3, -0.25) is 4.84 Å². The van der Waals surface area contributed by atoms with E-state index in [1.54, 1.807) is 6.92 Å². The van der Waals surface area contributed by atoms with Crippen molar-refractivity contribution in [3.05, 3.63) is 29.3 Å². The molecule has 80 valence electrons. The van der Waals surface area contributed by atoms with Gasteiger partial charge in [-0.25, -0.2) is 8.42 Å². The second kappa shape index (κ2) is 4.40. The summed E-state index contributed by atoms with van der Waals surface area (Å²) in [6.07, 6.45) is 0. The molecule has 0 fully saturated rings. The van der Waals surface area contributed by atoms with Gasteiger partial charge < -0.3 is 0 Å². The largest absolute Gasteiger partial charge is 0.290 e. The van der Waals surface area contributed by atoms with Crippen molar-refractivity contribution in [3.8, 4) is 6.07 Å². The molecule has 1 rings (SSSR count). The Morgan fingerprint density at radius 1 is 1.47 bits per heavy atom. The summed E-state index contributed by atoms with van der Waals surface area (Å²) in [6, 6.07) is 6.25. The molecule has 1 aromatic rings. The average molecular weight is 226 g/mol. The van der Waals surface area contributed by atoms with Gasteiger partial charge in [0, 0.05) is 0 Å². The Morgan fingerprint density at radius 2 is 2.13 bits per heavy atom. The maximum atomic E-state index is 11.5. The molecule has 0 atom stereocenters. The third-order valence-corrected chi connectivity index (χ3v) is 3.21. The lowest BCUT2D eigenvalue weighted by Gasteiger charge is -2.07. The Bertz CT molecular complexity index is 503. The Balaban J connectivity index is 3.24. The van der Waals surface area contributed by atoms with E-state index in [9.17, 15) is 8.42 Å².